The Morgan fingerprint density at radius 2 is 2.06 bits per heavy atom. The fourth-order valence-corrected chi connectivity index (χ4v) is 2.22. The first-order valence-electron chi connectivity index (χ1n) is 5.48. The van der Waals surface area contributed by atoms with Crippen molar-refractivity contribution in [2.75, 3.05) is 25.1 Å². The van der Waals surface area contributed by atoms with Gasteiger partial charge >= 0.3 is 0 Å². The molecule has 1 fully saturated rings. The molecular formula is C11H16ClN3O. The molecule has 0 amide bonds. The summed E-state index contributed by atoms with van der Waals surface area (Å²) in [4.78, 5) is 10.5. The van der Waals surface area contributed by atoms with Crippen molar-refractivity contribution in [3.05, 3.63) is 17.0 Å². The molecule has 4 nitrogen and oxygen atoms in total. The highest BCUT2D eigenvalue weighted by molar-refractivity contribution is 6.28. The first-order valence-corrected chi connectivity index (χ1v) is 5.86. The maximum Gasteiger partial charge on any atom is 0.224 e. The van der Waals surface area contributed by atoms with Crippen LogP contribution < -0.4 is 4.90 Å². The Hall–Kier alpha value is -0.870. The van der Waals surface area contributed by atoms with Crippen LogP contribution in [-0.2, 0) is 4.74 Å². The van der Waals surface area contributed by atoms with Crippen molar-refractivity contribution >= 4 is 17.4 Å². The van der Waals surface area contributed by atoms with Crippen LogP contribution in [0.5, 0.6) is 0 Å². The van der Waals surface area contributed by atoms with Crippen molar-refractivity contribution in [1.29, 1.82) is 0 Å². The lowest BCUT2D eigenvalue weighted by Crippen LogP contribution is -2.37. The van der Waals surface area contributed by atoms with E-state index in [1.54, 1.807) is 7.11 Å². The summed E-state index contributed by atoms with van der Waals surface area (Å²) in [5, 5.41) is 0.323. The Morgan fingerprint density at radius 3 is 2.62 bits per heavy atom. The Morgan fingerprint density at radius 1 is 1.38 bits per heavy atom. The molecule has 1 aromatic rings. The van der Waals surface area contributed by atoms with Crippen LogP contribution in [0.15, 0.2) is 6.07 Å². The van der Waals surface area contributed by atoms with Gasteiger partial charge in [0.2, 0.25) is 5.28 Å². The summed E-state index contributed by atoms with van der Waals surface area (Å²) in [5.74, 6) is 0.923. The molecule has 0 spiro atoms. The molecule has 5 heteroatoms. The minimum absolute atomic E-state index is 0.323. The highest BCUT2D eigenvalue weighted by Crippen LogP contribution is 2.20. The topological polar surface area (TPSA) is 38.2 Å². The molecule has 0 bridgehead atoms. The summed E-state index contributed by atoms with van der Waals surface area (Å²) >= 11 is 5.85. The molecule has 1 aliphatic rings. The average Bonchev–Trinajstić information content (AvgIpc) is 2.28. The van der Waals surface area contributed by atoms with Gasteiger partial charge in [0.15, 0.2) is 0 Å². The van der Waals surface area contributed by atoms with Gasteiger partial charge in [-0.25, -0.2) is 9.97 Å². The van der Waals surface area contributed by atoms with Gasteiger partial charge in [0.05, 0.1) is 6.10 Å². The van der Waals surface area contributed by atoms with Crippen molar-refractivity contribution in [1.82, 2.24) is 9.97 Å². The zero-order chi connectivity index (χ0) is 11.5. The molecule has 1 saturated heterocycles. The lowest BCUT2D eigenvalue weighted by atomic mass is 10.1. The second kappa shape index (κ2) is 4.97. The fraction of sp³-hybridized carbons (Fsp3) is 0.636. The van der Waals surface area contributed by atoms with E-state index in [-0.39, 0.29) is 0 Å². The minimum atomic E-state index is 0.323. The van der Waals surface area contributed by atoms with Gasteiger partial charge in [0, 0.05) is 32.0 Å². The molecule has 0 aromatic carbocycles. The zero-order valence-electron chi connectivity index (χ0n) is 9.61. The van der Waals surface area contributed by atoms with Crippen LogP contribution in [0.25, 0.3) is 0 Å². The highest BCUT2D eigenvalue weighted by atomic mass is 35.5. The van der Waals surface area contributed by atoms with Crippen molar-refractivity contribution in [3.63, 3.8) is 0 Å². The number of hydrogen-bond acceptors (Lipinski definition) is 4. The van der Waals surface area contributed by atoms with E-state index in [2.05, 4.69) is 14.9 Å². The van der Waals surface area contributed by atoms with Gasteiger partial charge in [-0.05, 0) is 31.4 Å². The predicted molar refractivity (Wildman–Crippen MR) is 64.0 cm³/mol. The Labute approximate surface area is 101 Å². The quantitative estimate of drug-likeness (QED) is 0.743. The van der Waals surface area contributed by atoms with Gasteiger partial charge in [0.1, 0.15) is 5.82 Å². The minimum Gasteiger partial charge on any atom is -0.381 e. The molecule has 88 valence electrons. The molecule has 1 aromatic heterocycles. The normalized spacial score (nSPS) is 17.8. The second-order valence-electron chi connectivity index (χ2n) is 4.06. The monoisotopic (exact) mass is 241 g/mol. The smallest absolute Gasteiger partial charge is 0.224 e. The van der Waals surface area contributed by atoms with E-state index in [0.717, 1.165) is 37.4 Å². The van der Waals surface area contributed by atoms with Gasteiger partial charge in [-0.1, -0.05) is 0 Å². The van der Waals surface area contributed by atoms with E-state index in [1.165, 1.54) is 0 Å². The van der Waals surface area contributed by atoms with Crippen molar-refractivity contribution in [3.8, 4) is 0 Å². The number of methoxy groups -OCH3 is 1. The summed E-state index contributed by atoms with van der Waals surface area (Å²) < 4.78 is 5.34. The van der Waals surface area contributed by atoms with Gasteiger partial charge in [-0.15, -0.1) is 0 Å². The van der Waals surface area contributed by atoms with Crippen LogP contribution in [0.2, 0.25) is 5.28 Å². The Balaban J connectivity index is 2.08. The largest absolute Gasteiger partial charge is 0.381 e. The molecule has 0 unspecified atom stereocenters. The van der Waals surface area contributed by atoms with Crippen LogP contribution in [-0.4, -0.2) is 36.3 Å². The van der Waals surface area contributed by atoms with Crippen LogP contribution >= 0.6 is 11.6 Å². The van der Waals surface area contributed by atoms with Crippen LogP contribution in [0.1, 0.15) is 18.5 Å². The molecular weight excluding hydrogens is 226 g/mol. The summed E-state index contributed by atoms with van der Waals surface area (Å²) in [6.45, 7) is 3.86. The molecule has 0 atom stereocenters. The third-order valence-corrected chi connectivity index (χ3v) is 3.08. The van der Waals surface area contributed by atoms with E-state index in [0.29, 0.717) is 11.4 Å². The number of rotatable bonds is 2. The summed E-state index contributed by atoms with van der Waals surface area (Å²) in [6, 6.07) is 1.97. The number of piperidine rings is 1. The van der Waals surface area contributed by atoms with E-state index in [1.807, 2.05) is 13.0 Å². The molecule has 2 rings (SSSR count). The Bertz CT molecular complexity index is 344. The average molecular weight is 242 g/mol. The van der Waals surface area contributed by atoms with E-state index >= 15 is 0 Å². The first-order chi connectivity index (χ1) is 7.69. The summed E-state index contributed by atoms with van der Waals surface area (Å²) in [5.41, 5.74) is 0.906. The van der Waals surface area contributed by atoms with Gasteiger partial charge in [-0.3, -0.25) is 0 Å². The molecule has 0 aliphatic carbocycles. The molecule has 0 radical (unpaired) electrons. The number of hydrogen-bond donors (Lipinski definition) is 0. The SMILES string of the molecule is COC1CCN(c2cc(C)nc(Cl)n2)CC1. The summed E-state index contributed by atoms with van der Waals surface area (Å²) in [7, 11) is 1.77. The van der Waals surface area contributed by atoms with Crippen molar-refractivity contribution in [2.24, 2.45) is 0 Å². The second-order valence-corrected chi connectivity index (χ2v) is 4.40. The number of aryl methyl sites for hydroxylation is 1. The molecule has 0 N–H and O–H groups in total. The van der Waals surface area contributed by atoms with E-state index in [9.17, 15) is 0 Å². The number of anilines is 1. The predicted octanol–water partition coefficient (Wildman–Crippen LogP) is 2.05. The first kappa shape index (κ1) is 11.6. The van der Waals surface area contributed by atoms with Gasteiger partial charge < -0.3 is 9.64 Å². The highest BCUT2D eigenvalue weighted by Gasteiger charge is 2.20. The number of ether oxygens (including phenoxy) is 1. The van der Waals surface area contributed by atoms with Crippen molar-refractivity contribution < 1.29 is 4.74 Å². The maximum atomic E-state index is 5.85. The lowest BCUT2D eigenvalue weighted by molar-refractivity contribution is 0.0818. The van der Waals surface area contributed by atoms with Crippen molar-refractivity contribution in [2.45, 2.75) is 25.9 Å². The van der Waals surface area contributed by atoms with Gasteiger partial charge in [-0.2, -0.15) is 0 Å². The molecule has 1 aliphatic heterocycles. The van der Waals surface area contributed by atoms with E-state index in [4.69, 9.17) is 16.3 Å². The third kappa shape index (κ3) is 2.62. The van der Waals surface area contributed by atoms with Crippen LogP contribution in [0, 0.1) is 6.92 Å². The van der Waals surface area contributed by atoms with Crippen LogP contribution in [0.4, 0.5) is 5.82 Å². The number of halogens is 1. The third-order valence-electron chi connectivity index (χ3n) is 2.91. The summed E-state index contributed by atoms with van der Waals surface area (Å²) in [6.07, 6.45) is 2.46. The lowest BCUT2D eigenvalue weighted by Gasteiger charge is -2.32. The standard InChI is InChI=1S/C11H16ClN3O/c1-8-7-10(14-11(12)13-8)15-5-3-9(16-2)4-6-15/h7,9H,3-6H2,1-2H3. The fourth-order valence-electron chi connectivity index (χ4n) is 2.00. The zero-order valence-corrected chi connectivity index (χ0v) is 10.4. The molecule has 2 heterocycles. The van der Waals surface area contributed by atoms with E-state index < -0.39 is 0 Å². The van der Waals surface area contributed by atoms with Gasteiger partial charge in [0.25, 0.3) is 0 Å². The molecule has 0 saturated carbocycles. The molecule has 16 heavy (non-hydrogen) atoms. The Kier molecular flexibility index (Phi) is 3.61. The number of nitrogens with zero attached hydrogens (tertiary/aromatic N) is 3. The van der Waals surface area contributed by atoms with Crippen LogP contribution in [0.3, 0.4) is 0 Å². The number of aromatic nitrogens is 2. The maximum absolute atomic E-state index is 5.85.